The van der Waals surface area contributed by atoms with Crippen molar-refractivity contribution < 1.29 is 14.4 Å². The van der Waals surface area contributed by atoms with E-state index in [1.165, 1.54) is 11.3 Å². The monoisotopic (exact) mass is 349 g/mol. The van der Waals surface area contributed by atoms with Crippen LogP contribution in [-0.4, -0.2) is 47.3 Å². The zero-order valence-electron chi connectivity index (χ0n) is 14.0. The number of fused-ring (bicyclic) bond motifs is 1. The minimum absolute atomic E-state index is 0.0105. The quantitative estimate of drug-likeness (QED) is 0.862. The van der Waals surface area contributed by atoms with E-state index in [1.807, 2.05) is 25.3 Å². The largest absolute Gasteiger partial charge is 0.348 e. The number of carbonyl (C=O) groups is 3. The van der Waals surface area contributed by atoms with Gasteiger partial charge >= 0.3 is 0 Å². The molecule has 3 rings (SSSR count). The number of piperidine rings is 1. The fourth-order valence-corrected chi connectivity index (χ4v) is 4.06. The van der Waals surface area contributed by atoms with Crippen molar-refractivity contribution in [1.82, 2.24) is 15.5 Å². The molecule has 6 nitrogen and oxygen atoms in total. The number of amides is 3. The molecule has 0 unspecified atom stereocenters. The van der Waals surface area contributed by atoms with Gasteiger partial charge in [0.25, 0.3) is 5.91 Å². The first kappa shape index (κ1) is 17.0. The highest BCUT2D eigenvalue weighted by Gasteiger charge is 2.44. The highest BCUT2D eigenvalue weighted by atomic mass is 32.1. The molecular formula is C17H23N3O3S. The molecular weight excluding hydrogens is 326 g/mol. The molecule has 0 bridgehead atoms. The summed E-state index contributed by atoms with van der Waals surface area (Å²) in [6, 6.07) is 2.66. The Balaban J connectivity index is 1.63. The minimum Gasteiger partial charge on any atom is -0.348 e. The second-order valence-electron chi connectivity index (χ2n) is 6.91. The first-order valence-corrected chi connectivity index (χ1v) is 9.29. The molecule has 3 atom stereocenters. The van der Waals surface area contributed by atoms with Gasteiger partial charge in [-0.1, -0.05) is 19.9 Å². The Kier molecular flexibility index (Phi) is 4.89. The third-order valence-corrected chi connectivity index (χ3v) is 5.46. The zero-order valence-corrected chi connectivity index (χ0v) is 14.8. The fourth-order valence-electron chi connectivity index (χ4n) is 3.43. The number of rotatable bonds is 4. The molecule has 3 heterocycles. The molecule has 24 heavy (non-hydrogen) atoms. The van der Waals surface area contributed by atoms with Crippen LogP contribution in [-0.2, 0) is 9.59 Å². The van der Waals surface area contributed by atoms with E-state index in [0.717, 1.165) is 0 Å². The maximum atomic E-state index is 12.6. The third-order valence-electron chi connectivity index (χ3n) is 4.59. The van der Waals surface area contributed by atoms with Crippen molar-refractivity contribution in [3.63, 3.8) is 0 Å². The summed E-state index contributed by atoms with van der Waals surface area (Å²) in [6.45, 7) is 4.59. The van der Waals surface area contributed by atoms with Crippen molar-refractivity contribution in [2.45, 2.75) is 51.2 Å². The summed E-state index contributed by atoms with van der Waals surface area (Å²) in [4.78, 5) is 39.5. The summed E-state index contributed by atoms with van der Waals surface area (Å²) in [5, 5.41) is 7.70. The van der Waals surface area contributed by atoms with Gasteiger partial charge in [-0.2, -0.15) is 0 Å². The molecule has 2 aliphatic rings. The van der Waals surface area contributed by atoms with E-state index in [4.69, 9.17) is 0 Å². The van der Waals surface area contributed by atoms with Crippen LogP contribution in [0.25, 0.3) is 0 Å². The van der Waals surface area contributed by atoms with Crippen molar-refractivity contribution in [1.29, 1.82) is 0 Å². The molecule has 2 N–H and O–H groups in total. The molecule has 0 spiro atoms. The van der Waals surface area contributed by atoms with Gasteiger partial charge in [0.05, 0.1) is 4.88 Å². The fraction of sp³-hybridized carbons (Fsp3) is 0.588. The number of carbonyl (C=O) groups excluding carboxylic acids is 3. The van der Waals surface area contributed by atoms with Gasteiger partial charge in [-0.05, 0) is 36.6 Å². The summed E-state index contributed by atoms with van der Waals surface area (Å²) in [6.07, 6.45) is 1.82. The second kappa shape index (κ2) is 6.93. The molecule has 2 fully saturated rings. The second-order valence-corrected chi connectivity index (χ2v) is 7.86. The lowest BCUT2D eigenvalue weighted by Crippen LogP contribution is -2.67. The molecule has 2 aliphatic heterocycles. The maximum absolute atomic E-state index is 12.6. The Morgan fingerprint density at radius 2 is 2.25 bits per heavy atom. The normalized spacial score (nSPS) is 27.0. The van der Waals surface area contributed by atoms with Crippen LogP contribution in [0.2, 0.25) is 0 Å². The van der Waals surface area contributed by atoms with Crippen LogP contribution in [0.15, 0.2) is 17.5 Å². The molecule has 7 heteroatoms. The van der Waals surface area contributed by atoms with E-state index in [9.17, 15) is 14.4 Å². The molecule has 130 valence electrons. The summed E-state index contributed by atoms with van der Waals surface area (Å²) in [5.41, 5.74) is 0. The molecule has 0 radical (unpaired) electrons. The Labute approximate surface area is 145 Å². The van der Waals surface area contributed by atoms with Gasteiger partial charge in [-0.15, -0.1) is 11.3 Å². The topological polar surface area (TPSA) is 78.5 Å². The van der Waals surface area contributed by atoms with E-state index in [2.05, 4.69) is 10.6 Å². The van der Waals surface area contributed by atoms with Gasteiger partial charge in [0.2, 0.25) is 11.8 Å². The number of nitrogens with zero attached hydrogens (tertiary/aromatic N) is 1. The third kappa shape index (κ3) is 3.45. The van der Waals surface area contributed by atoms with Gasteiger partial charge in [0.1, 0.15) is 12.1 Å². The lowest BCUT2D eigenvalue weighted by molar-refractivity contribution is -0.152. The van der Waals surface area contributed by atoms with Crippen molar-refractivity contribution in [2.75, 3.05) is 6.54 Å². The average Bonchev–Trinajstić information content (AvgIpc) is 3.06. The molecule has 0 saturated carbocycles. The van der Waals surface area contributed by atoms with Crippen molar-refractivity contribution in [3.8, 4) is 0 Å². The van der Waals surface area contributed by atoms with Crippen molar-refractivity contribution in [2.24, 2.45) is 5.92 Å². The van der Waals surface area contributed by atoms with E-state index < -0.39 is 12.1 Å². The van der Waals surface area contributed by atoms with Crippen LogP contribution in [0.4, 0.5) is 0 Å². The molecule has 1 aromatic rings. The van der Waals surface area contributed by atoms with Gasteiger partial charge in [-0.3, -0.25) is 14.4 Å². The predicted molar refractivity (Wildman–Crippen MR) is 91.7 cm³/mol. The van der Waals surface area contributed by atoms with Crippen LogP contribution < -0.4 is 10.6 Å². The maximum Gasteiger partial charge on any atom is 0.261 e. The summed E-state index contributed by atoms with van der Waals surface area (Å²) >= 11 is 1.39. The summed E-state index contributed by atoms with van der Waals surface area (Å²) in [7, 11) is 0. The molecule has 1 aromatic heterocycles. The number of thiophene rings is 1. The minimum atomic E-state index is -0.469. The standard InChI is InChI=1S/C17H23N3O3S/c1-10(2)8-12-17(23)20-6-5-11(9-13(20)15(21)19-12)18-16(22)14-4-3-7-24-14/h3-4,7,10-13H,5-6,8-9H2,1-2H3,(H,18,22)(H,19,21)/t11-,12-,13-/m0/s1. The van der Waals surface area contributed by atoms with Gasteiger partial charge < -0.3 is 15.5 Å². The Bertz CT molecular complexity index is 629. The smallest absolute Gasteiger partial charge is 0.261 e. The molecule has 0 aliphatic carbocycles. The van der Waals surface area contributed by atoms with Crippen LogP contribution in [0.3, 0.4) is 0 Å². The Morgan fingerprint density at radius 3 is 2.92 bits per heavy atom. The van der Waals surface area contributed by atoms with Crippen LogP contribution in [0.1, 0.15) is 42.8 Å². The average molecular weight is 349 g/mol. The number of piperazine rings is 1. The SMILES string of the molecule is CC(C)C[C@@H]1NC(=O)[C@@H]2C[C@@H](NC(=O)c3cccs3)CCN2C1=O. The molecule has 3 amide bonds. The van der Waals surface area contributed by atoms with Crippen LogP contribution >= 0.6 is 11.3 Å². The van der Waals surface area contributed by atoms with Gasteiger partial charge in [0, 0.05) is 12.6 Å². The zero-order chi connectivity index (χ0) is 17.3. The van der Waals surface area contributed by atoms with Crippen LogP contribution in [0.5, 0.6) is 0 Å². The van der Waals surface area contributed by atoms with Crippen LogP contribution in [0, 0.1) is 5.92 Å². The Morgan fingerprint density at radius 1 is 1.46 bits per heavy atom. The Hall–Kier alpha value is -1.89. The first-order valence-electron chi connectivity index (χ1n) is 8.41. The molecule has 2 saturated heterocycles. The summed E-state index contributed by atoms with van der Waals surface area (Å²) in [5.74, 6) is 0.147. The molecule has 0 aromatic carbocycles. The number of nitrogens with one attached hydrogen (secondary N) is 2. The first-order chi connectivity index (χ1) is 11.5. The van der Waals surface area contributed by atoms with E-state index >= 15 is 0 Å². The predicted octanol–water partition coefficient (Wildman–Crippen LogP) is 1.38. The van der Waals surface area contributed by atoms with Gasteiger partial charge in [0.15, 0.2) is 0 Å². The van der Waals surface area contributed by atoms with E-state index in [-0.39, 0.29) is 23.8 Å². The van der Waals surface area contributed by atoms with Crippen molar-refractivity contribution >= 4 is 29.1 Å². The van der Waals surface area contributed by atoms with E-state index in [1.54, 1.807) is 11.0 Å². The summed E-state index contributed by atoms with van der Waals surface area (Å²) < 4.78 is 0. The lowest BCUT2D eigenvalue weighted by Gasteiger charge is -2.44. The van der Waals surface area contributed by atoms with E-state index in [0.29, 0.717) is 36.6 Å². The number of hydrogen-bond donors (Lipinski definition) is 2. The number of hydrogen-bond acceptors (Lipinski definition) is 4. The lowest BCUT2D eigenvalue weighted by atomic mass is 9.91. The van der Waals surface area contributed by atoms with Gasteiger partial charge in [-0.25, -0.2) is 0 Å². The van der Waals surface area contributed by atoms with Crippen molar-refractivity contribution in [3.05, 3.63) is 22.4 Å². The highest BCUT2D eigenvalue weighted by molar-refractivity contribution is 7.12. The highest BCUT2D eigenvalue weighted by Crippen LogP contribution is 2.24.